The largest absolute Gasteiger partial charge is 0.339 e. The molecule has 0 saturated carbocycles. The van der Waals surface area contributed by atoms with Gasteiger partial charge in [0.05, 0.1) is 0 Å². The maximum absolute atomic E-state index is 12.0. The summed E-state index contributed by atoms with van der Waals surface area (Å²) in [6.45, 7) is 6.08. The Bertz CT molecular complexity index is 377. The third-order valence-electron chi connectivity index (χ3n) is 3.18. The molecule has 0 saturated heterocycles. The van der Waals surface area contributed by atoms with E-state index in [1.807, 2.05) is 30.0 Å². The molecule has 3 nitrogen and oxygen atoms in total. The summed E-state index contributed by atoms with van der Waals surface area (Å²) >= 11 is 0. The Labute approximate surface area is 110 Å². The van der Waals surface area contributed by atoms with E-state index < -0.39 is 0 Å². The van der Waals surface area contributed by atoms with Crippen LogP contribution in [0.1, 0.15) is 44.2 Å². The van der Waals surface area contributed by atoms with Gasteiger partial charge in [0.1, 0.15) is 0 Å². The van der Waals surface area contributed by atoms with Crippen molar-refractivity contribution in [3.05, 3.63) is 35.4 Å². The zero-order valence-electron chi connectivity index (χ0n) is 11.5. The van der Waals surface area contributed by atoms with Gasteiger partial charge < -0.3 is 10.6 Å². The highest BCUT2D eigenvalue weighted by Gasteiger charge is 2.12. The van der Waals surface area contributed by atoms with Crippen molar-refractivity contribution in [2.75, 3.05) is 6.54 Å². The molecule has 18 heavy (non-hydrogen) atoms. The monoisotopic (exact) mass is 248 g/mol. The molecule has 0 radical (unpaired) electrons. The Morgan fingerprint density at radius 2 is 1.89 bits per heavy atom. The summed E-state index contributed by atoms with van der Waals surface area (Å²) in [4.78, 5) is 13.9. The number of nitrogens with two attached hydrogens (primary N) is 1. The molecule has 0 heterocycles. The van der Waals surface area contributed by atoms with Gasteiger partial charge in [-0.1, -0.05) is 37.6 Å². The first-order valence-electron chi connectivity index (χ1n) is 6.77. The molecular formula is C15H24N2O. The van der Waals surface area contributed by atoms with E-state index in [1.54, 1.807) is 0 Å². The molecule has 0 aliphatic carbocycles. The van der Waals surface area contributed by atoms with Gasteiger partial charge in [-0.3, -0.25) is 4.79 Å². The second-order valence-electron chi connectivity index (χ2n) is 4.48. The van der Waals surface area contributed by atoms with Crippen molar-refractivity contribution in [1.82, 2.24) is 4.90 Å². The van der Waals surface area contributed by atoms with E-state index >= 15 is 0 Å². The number of carbonyl (C=O) groups excluding carboxylic acids is 1. The minimum Gasteiger partial charge on any atom is -0.339 e. The van der Waals surface area contributed by atoms with E-state index in [9.17, 15) is 4.79 Å². The molecule has 1 aromatic carbocycles. The molecule has 3 heteroatoms. The quantitative estimate of drug-likeness (QED) is 0.806. The van der Waals surface area contributed by atoms with Crippen LogP contribution in [0.4, 0.5) is 0 Å². The van der Waals surface area contributed by atoms with E-state index in [-0.39, 0.29) is 5.91 Å². The first-order chi connectivity index (χ1) is 8.72. The van der Waals surface area contributed by atoms with Crippen LogP contribution in [-0.4, -0.2) is 17.4 Å². The van der Waals surface area contributed by atoms with Gasteiger partial charge in [-0.2, -0.15) is 0 Å². The average molecular weight is 248 g/mol. The van der Waals surface area contributed by atoms with Crippen LogP contribution in [0.2, 0.25) is 0 Å². The topological polar surface area (TPSA) is 46.3 Å². The summed E-state index contributed by atoms with van der Waals surface area (Å²) in [5.74, 6) is 0.242. The first-order valence-corrected chi connectivity index (χ1v) is 6.77. The highest BCUT2D eigenvalue weighted by molar-refractivity contribution is 5.76. The maximum Gasteiger partial charge on any atom is 0.222 e. The third-order valence-corrected chi connectivity index (χ3v) is 3.18. The summed E-state index contributed by atoms with van der Waals surface area (Å²) in [7, 11) is 0. The molecule has 0 atom stereocenters. The number of hydrogen-bond acceptors (Lipinski definition) is 2. The smallest absolute Gasteiger partial charge is 0.222 e. The number of carbonyl (C=O) groups is 1. The normalized spacial score (nSPS) is 10.4. The maximum atomic E-state index is 12.0. The SMILES string of the molecule is CCCCC(=O)N(CC)Cc1ccccc1CN. The van der Waals surface area contributed by atoms with Gasteiger partial charge >= 0.3 is 0 Å². The minimum absolute atomic E-state index is 0.242. The van der Waals surface area contributed by atoms with Gasteiger partial charge in [-0.15, -0.1) is 0 Å². The van der Waals surface area contributed by atoms with Gasteiger partial charge in [0.2, 0.25) is 5.91 Å². The Kier molecular flexibility index (Phi) is 6.44. The number of rotatable bonds is 7. The zero-order valence-corrected chi connectivity index (χ0v) is 11.5. The van der Waals surface area contributed by atoms with Gasteiger partial charge in [0.15, 0.2) is 0 Å². The van der Waals surface area contributed by atoms with Crippen molar-refractivity contribution in [2.24, 2.45) is 5.73 Å². The molecule has 0 aromatic heterocycles. The molecule has 0 unspecified atom stereocenters. The van der Waals surface area contributed by atoms with Crippen molar-refractivity contribution in [2.45, 2.75) is 46.2 Å². The Hall–Kier alpha value is -1.35. The molecular weight excluding hydrogens is 224 g/mol. The molecule has 0 aliphatic rings. The molecule has 2 N–H and O–H groups in total. The van der Waals surface area contributed by atoms with E-state index in [1.165, 1.54) is 0 Å². The summed E-state index contributed by atoms with van der Waals surface area (Å²) < 4.78 is 0. The first kappa shape index (κ1) is 14.7. The van der Waals surface area contributed by atoms with Crippen LogP contribution < -0.4 is 5.73 Å². The van der Waals surface area contributed by atoms with Gasteiger partial charge in [-0.05, 0) is 24.5 Å². The van der Waals surface area contributed by atoms with Crippen LogP contribution in [0.25, 0.3) is 0 Å². The average Bonchev–Trinajstić information content (AvgIpc) is 2.42. The Morgan fingerprint density at radius 1 is 1.22 bits per heavy atom. The second-order valence-corrected chi connectivity index (χ2v) is 4.48. The lowest BCUT2D eigenvalue weighted by molar-refractivity contribution is -0.131. The van der Waals surface area contributed by atoms with Crippen molar-refractivity contribution in [1.29, 1.82) is 0 Å². The fraction of sp³-hybridized carbons (Fsp3) is 0.533. The Morgan fingerprint density at radius 3 is 2.44 bits per heavy atom. The van der Waals surface area contributed by atoms with E-state index in [2.05, 4.69) is 13.0 Å². The highest BCUT2D eigenvalue weighted by Crippen LogP contribution is 2.12. The third kappa shape index (κ3) is 4.15. The molecule has 0 spiro atoms. The molecule has 1 aromatic rings. The lowest BCUT2D eigenvalue weighted by atomic mass is 10.1. The van der Waals surface area contributed by atoms with E-state index in [0.717, 1.165) is 30.5 Å². The van der Waals surface area contributed by atoms with Gasteiger partial charge in [0.25, 0.3) is 0 Å². The number of unbranched alkanes of at least 4 members (excludes halogenated alkanes) is 1. The summed E-state index contributed by atoms with van der Waals surface area (Å²) in [6, 6.07) is 8.07. The van der Waals surface area contributed by atoms with Crippen LogP contribution in [0.5, 0.6) is 0 Å². The van der Waals surface area contributed by atoms with Crippen LogP contribution in [-0.2, 0) is 17.9 Å². The minimum atomic E-state index is 0.242. The highest BCUT2D eigenvalue weighted by atomic mass is 16.2. The number of hydrogen-bond donors (Lipinski definition) is 1. The van der Waals surface area contributed by atoms with Crippen molar-refractivity contribution in [3.63, 3.8) is 0 Å². The van der Waals surface area contributed by atoms with Crippen LogP contribution in [0.3, 0.4) is 0 Å². The van der Waals surface area contributed by atoms with Crippen LogP contribution in [0.15, 0.2) is 24.3 Å². The predicted molar refractivity (Wildman–Crippen MR) is 74.9 cm³/mol. The van der Waals surface area contributed by atoms with Crippen molar-refractivity contribution in [3.8, 4) is 0 Å². The fourth-order valence-electron chi connectivity index (χ4n) is 1.98. The van der Waals surface area contributed by atoms with Gasteiger partial charge in [-0.25, -0.2) is 0 Å². The van der Waals surface area contributed by atoms with Crippen molar-refractivity contribution < 1.29 is 4.79 Å². The van der Waals surface area contributed by atoms with Gasteiger partial charge in [0, 0.05) is 26.1 Å². The van der Waals surface area contributed by atoms with E-state index in [0.29, 0.717) is 19.5 Å². The standard InChI is InChI=1S/C15H24N2O/c1-3-5-10-15(18)17(4-2)12-14-9-7-6-8-13(14)11-16/h6-9H,3-5,10-12,16H2,1-2H3. The number of amides is 1. The molecule has 1 amide bonds. The summed E-state index contributed by atoms with van der Waals surface area (Å²) in [6.07, 6.45) is 2.67. The zero-order chi connectivity index (χ0) is 13.4. The Balaban J connectivity index is 2.70. The summed E-state index contributed by atoms with van der Waals surface area (Å²) in [5, 5.41) is 0. The number of benzene rings is 1. The lowest BCUT2D eigenvalue weighted by Gasteiger charge is -2.22. The molecule has 1 rings (SSSR count). The lowest BCUT2D eigenvalue weighted by Crippen LogP contribution is -2.30. The van der Waals surface area contributed by atoms with Crippen LogP contribution in [0, 0.1) is 0 Å². The molecule has 100 valence electrons. The number of nitrogens with zero attached hydrogens (tertiary/aromatic N) is 1. The molecule has 0 bridgehead atoms. The van der Waals surface area contributed by atoms with E-state index in [4.69, 9.17) is 5.73 Å². The van der Waals surface area contributed by atoms with Crippen molar-refractivity contribution >= 4 is 5.91 Å². The predicted octanol–water partition coefficient (Wildman–Crippen LogP) is 2.68. The molecule has 0 fully saturated rings. The second kappa shape index (κ2) is 7.88. The fourth-order valence-corrected chi connectivity index (χ4v) is 1.98. The molecule has 0 aliphatic heterocycles. The van der Waals surface area contributed by atoms with Crippen LogP contribution >= 0.6 is 0 Å². The summed E-state index contributed by atoms with van der Waals surface area (Å²) in [5.41, 5.74) is 8.00.